The quantitative estimate of drug-likeness (QED) is 0.780. The van der Waals surface area contributed by atoms with Gasteiger partial charge in [0.25, 0.3) is 0 Å². The zero-order valence-corrected chi connectivity index (χ0v) is 10.7. The molecule has 0 amide bonds. The van der Waals surface area contributed by atoms with Crippen molar-refractivity contribution in [3.63, 3.8) is 0 Å². The monoisotopic (exact) mass is 261 g/mol. The Bertz CT molecular complexity index is 608. The number of halogens is 2. The third-order valence-corrected chi connectivity index (χ3v) is 2.93. The zero-order chi connectivity index (χ0) is 14.0. The fourth-order valence-corrected chi connectivity index (χ4v) is 1.80. The van der Waals surface area contributed by atoms with Gasteiger partial charge in [-0.05, 0) is 49.4 Å². The number of ketones is 1. The molecular formula is C15H13F2NO. The first-order valence-electron chi connectivity index (χ1n) is 5.79. The molecule has 0 saturated heterocycles. The molecule has 2 aromatic rings. The van der Waals surface area contributed by atoms with Gasteiger partial charge in [0, 0.05) is 18.3 Å². The van der Waals surface area contributed by atoms with Crippen molar-refractivity contribution in [3.05, 3.63) is 59.7 Å². The van der Waals surface area contributed by atoms with E-state index >= 15 is 0 Å². The highest BCUT2D eigenvalue weighted by Crippen LogP contribution is 2.27. The molecule has 0 aliphatic carbocycles. The summed E-state index contributed by atoms with van der Waals surface area (Å²) in [4.78, 5) is 12.8. The molecule has 2 nitrogen and oxygen atoms in total. The van der Waals surface area contributed by atoms with Gasteiger partial charge in [-0.25, -0.2) is 8.78 Å². The maximum atomic E-state index is 14.0. The Hall–Kier alpha value is -2.23. The van der Waals surface area contributed by atoms with E-state index in [1.54, 1.807) is 30.1 Å². The molecule has 98 valence electrons. The summed E-state index contributed by atoms with van der Waals surface area (Å²) in [6, 6.07) is 10.1. The van der Waals surface area contributed by atoms with Crippen LogP contribution in [-0.2, 0) is 0 Å². The van der Waals surface area contributed by atoms with Crippen molar-refractivity contribution in [3.8, 4) is 0 Å². The topological polar surface area (TPSA) is 20.3 Å². The fraction of sp³-hybridized carbons (Fsp3) is 0.133. The lowest BCUT2D eigenvalue weighted by molar-refractivity contribution is 0.101. The van der Waals surface area contributed by atoms with Gasteiger partial charge < -0.3 is 4.90 Å². The van der Waals surface area contributed by atoms with Crippen molar-refractivity contribution >= 4 is 17.2 Å². The predicted molar refractivity (Wildman–Crippen MR) is 70.9 cm³/mol. The molecule has 0 fully saturated rings. The Kier molecular flexibility index (Phi) is 3.60. The molecule has 0 aliphatic heterocycles. The fourth-order valence-electron chi connectivity index (χ4n) is 1.80. The summed E-state index contributed by atoms with van der Waals surface area (Å²) in [6.45, 7) is 1.39. The minimum absolute atomic E-state index is 0.185. The molecule has 0 heterocycles. The molecule has 0 unspecified atom stereocenters. The highest BCUT2D eigenvalue weighted by atomic mass is 19.1. The first-order valence-corrected chi connectivity index (χ1v) is 5.79. The second-order valence-corrected chi connectivity index (χ2v) is 4.26. The van der Waals surface area contributed by atoms with E-state index in [-0.39, 0.29) is 11.6 Å². The van der Waals surface area contributed by atoms with Crippen molar-refractivity contribution in [1.82, 2.24) is 0 Å². The average Bonchev–Trinajstić information content (AvgIpc) is 2.38. The minimum Gasteiger partial charge on any atom is -0.342 e. The number of hydrogen-bond acceptors (Lipinski definition) is 2. The second kappa shape index (κ2) is 5.18. The van der Waals surface area contributed by atoms with E-state index in [0.29, 0.717) is 16.9 Å². The Labute approximate surface area is 110 Å². The van der Waals surface area contributed by atoms with Gasteiger partial charge in [-0.15, -0.1) is 0 Å². The van der Waals surface area contributed by atoms with Crippen LogP contribution in [0, 0.1) is 11.6 Å². The van der Waals surface area contributed by atoms with Gasteiger partial charge >= 0.3 is 0 Å². The first-order chi connectivity index (χ1) is 8.99. The summed E-state index contributed by atoms with van der Waals surface area (Å²) in [5.41, 5.74) is 1.32. The molecule has 0 spiro atoms. The van der Waals surface area contributed by atoms with E-state index in [0.717, 1.165) is 0 Å². The zero-order valence-electron chi connectivity index (χ0n) is 10.7. The van der Waals surface area contributed by atoms with Crippen LogP contribution in [0.3, 0.4) is 0 Å². The molecule has 0 saturated carbocycles. The van der Waals surface area contributed by atoms with Crippen LogP contribution in [-0.4, -0.2) is 12.8 Å². The van der Waals surface area contributed by atoms with Crippen molar-refractivity contribution < 1.29 is 13.6 Å². The lowest BCUT2D eigenvalue weighted by Crippen LogP contribution is -2.11. The smallest absolute Gasteiger partial charge is 0.159 e. The maximum absolute atomic E-state index is 14.0. The highest BCUT2D eigenvalue weighted by molar-refractivity contribution is 5.94. The molecule has 2 aromatic carbocycles. The average molecular weight is 261 g/mol. The van der Waals surface area contributed by atoms with Crippen LogP contribution in [0.4, 0.5) is 20.2 Å². The van der Waals surface area contributed by atoms with Gasteiger partial charge in [0.1, 0.15) is 11.6 Å². The van der Waals surface area contributed by atoms with Gasteiger partial charge in [-0.2, -0.15) is 0 Å². The Morgan fingerprint density at radius 3 is 2.21 bits per heavy atom. The van der Waals surface area contributed by atoms with Gasteiger partial charge in [0.15, 0.2) is 5.78 Å². The maximum Gasteiger partial charge on any atom is 0.159 e. The molecule has 2 rings (SSSR count). The number of carbonyl (C=O) groups excluding carboxylic acids is 1. The lowest BCUT2D eigenvalue weighted by atomic mass is 10.1. The summed E-state index contributed by atoms with van der Waals surface area (Å²) in [5, 5.41) is 0. The number of nitrogens with zero attached hydrogens (tertiary/aromatic N) is 1. The van der Waals surface area contributed by atoms with Crippen LogP contribution in [0.1, 0.15) is 17.3 Å². The van der Waals surface area contributed by atoms with E-state index in [2.05, 4.69) is 0 Å². The number of carbonyl (C=O) groups is 1. The molecule has 0 bridgehead atoms. The molecule has 4 heteroatoms. The van der Waals surface area contributed by atoms with E-state index in [1.807, 2.05) is 0 Å². The first kappa shape index (κ1) is 13.2. The summed E-state index contributed by atoms with van der Waals surface area (Å²) in [6.07, 6.45) is 0. The molecule has 0 aliphatic rings. The van der Waals surface area contributed by atoms with Crippen molar-refractivity contribution in [1.29, 1.82) is 0 Å². The van der Waals surface area contributed by atoms with Crippen LogP contribution in [0.25, 0.3) is 0 Å². The lowest BCUT2D eigenvalue weighted by Gasteiger charge is -2.20. The van der Waals surface area contributed by atoms with E-state index in [4.69, 9.17) is 0 Å². The van der Waals surface area contributed by atoms with Crippen LogP contribution in [0.2, 0.25) is 0 Å². The highest BCUT2D eigenvalue weighted by Gasteiger charge is 2.11. The standard InChI is InChI=1S/C15H13F2NO/c1-10(19)11-3-8-15(14(17)9-11)18(2)13-6-4-12(16)5-7-13/h3-9H,1-2H3. The van der Waals surface area contributed by atoms with Crippen LogP contribution in [0.5, 0.6) is 0 Å². The van der Waals surface area contributed by atoms with E-state index in [9.17, 15) is 13.6 Å². The summed E-state index contributed by atoms with van der Waals surface area (Å²) >= 11 is 0. The third kappa shape index (κ3) is 2.78. The number of rotatable bonds is 3. The van der Waals surface area contributed by atoms with Crippen LogP contribution in [0.15, 0.2) is 42.5 Å². The van der Waals surface area contributed by atoms with Gasteiger partial charge in [-0.3, -0.25) is 4.79 Å². The van der Waals surface area contributed by atoms with Crippen molar-refractivity contribution in [2.45, 2.75) is 6.92 Å². The van der Waals surface area contributed by atoms with E-state index in [1.165, 1.54) is 31.2 Å². The number of Topliss-reactive ketones (excluding diaryl/α,β-unsaturated/α-hetero) is 1. The Morgan fingerprint density at radius 2 is 1.68 bits per heavy atom. The molecule has 0 N–H and O–H groups in total. The molecular weight excluding hydrogens is 248 g/mol. The van der Waals surface area contributed by atoms with Crippen LogP contribution < -0.4 is 4.90 Å². The number of hydrogen-bond donors (Lipinski definition) is 0. The number of benzene rings is 2. The molecule has 0 aromatic heterocycles. The molecule has 0 radical (unpaired) electrons. The largest absolute Gasteiger partial charge is 0.342 e. The third-order valence-electron chi connectivity index (χ3n) is 2.93. The molecule has 19 heavy (non-hydrogen) atoms. The van der Waals surface area contributed by atoms with Gasteiger partial charge in [0.2, 0.25) is 0 Å². The van der Waals surface area contributed by atoms with Gasteiger partial charge in [-0.1, -0.05) is 0 Å². The Balaban J connectivity index is 2.36. The Morgan fingerprint density at radius 1 is 1.05 bits per heavy atom. The second-order valence-electron chi connectivity index (χ2n) is 4.26. The summed E-state index contributed by atoms with van der Waals surface area (Å²) in [7, 11) is 1.68. The van der Waals surface area contributed by atoms with Crippen molar-refractivity contribution in [2.24, 2.45) is 0 Å². The SMILES string of the molecule is CC(=O)c1ccc(N(C)c2ccc(F)cc2)c(F)c1. The summed E-state index contributed by atoms with van der Waals surface area (Å²) < 4.78 is 26.8. The minimum atomic E-state index is -0.487. The normalized spacial score (nSPS) is 10.3. The number of anilines is 2. The van der Waals surface area contributed by atoms with E-state index < -0.39 is 5.82 Å². The molecule has 0 atom stereocenters. The van der Waals surface area contributed by atoms with Crippen molar-refractivity contribution in [2.75, 3.05) is 11.9 Å². The summed E-state index contributed by atoms with van der Waals surface area (Å²) in [5.74, 6) is -1.01. The predicted octanol–water partition coefficient (Wildman–Crippen LogP) is 3.94. The van der Waals surface area contributed by atoms with Gasteiger partial charge in [0.05, 0.1) is 5.69 Å². The van der Waals surface area contributed by atoms with Crippen LogP contribution >= 0.6 is 0 Å².